The van der Waals surface area contributed by atoms with Crippen LogP contribution in [0.5, 0.6) is 0 Å². The van der Waals surface area contributed by atoms with Gasteiger partial charge in [0.05, 0.1) is 26.0 Å². The lowest BCUT2D eigenvalue weighted by atomic mass is 10.5. The number of sulfonamides is 1. The maximum Gasteiger partial charge on any atom is 0.242 e. The highest BCUT2D eigenvalue weighted by Crippen LogP contribution is 2.07. The minimum absolute atomic E-state index is 0.0405. The van der Waals surface area contributed by atoms with E-state index in [4.69, 9.17) is 9.84 Å². The van der Waals surface area contributed by atoms with E-state index in [1.165, 1.54) is 0 Å². The highest BCUT2D eigenvalue weighted by Gasteiger charge is 2.14. The molecule has 0 spiro atoms. The van der Waals surface area contributed by atoms with Crippen molar-refractivity contribution in [3.8, 4) is 0 Å². The van der Waals surface area contributed by atoms with Gasteiger partial charge in [-0.15, -0.1) is 0 Å². The molecule has 0 amide bonds. The quantitative estimate of drug-likeness (QED) is 0.649. The van der Waals surface area contributed by atoms with E-state index < -0.39 is 15.8 Å². The van der Waals surface area contributed by atoms with E-state index in [-0.39, 0.29) is 31.3 Å². The molecule has 2 N–H and O–H groups in total. The van der Waals surface area contributed by atoms with Crippen molar-refractivity contribution in [1.82, 2.24) is 9.71 Å². The number of aliphatic hydroxyl groups is 1. The lowest BCUT2D eigenvalue weighted by Gasteiger charge is -2.06. The molecule has 1 aromatic heterocycles. The first kappa shape index (κ1) is 14.0. The van der Waals surface area contributed by atoms with Crippen LogP contribution in [0, 0.1) is 5.82 Å². The summed E-state index contributed by atoms with van der Waals surface area (Å²) in [5.74, 6) is -0.718. The van der Waals surface area contributed by atoms with Crippen LogP contribution in [0.15, 0.2) is 23.4 Å². The Hall–Kier alpha value is -1.09. The van der Waals surface area contributed by atoms with E-state index in [0.29, 0.717) is 0 Å². The first-order valence-corrected chi connectivity index (χ1v) is 6.33. The van der Waals surface area contributed by atoms with Crippen LogP contribution in [-0.2, 0) is 14.8 Å². The standard InChI is InChI=1S/C9H13FN2O4S/c10-8-5-9(7-11-6-8)17(14,15)12-1-3-16-4-2-13/h5-7,12-13H,1-4H2. The molecular formula is C9H13FN2O4S. The van der Waals surface area contributed by atoms with E-state index in [9.17, 15) is 12.8 Å². The predicted molar refractivity (Wildman–Crippen MR) is 57.3 cm³/mol. The Kier molecular flexibility index (Phi) is 5.42. The molecule has 17 heavy (non-hydrogen) atoms. The molecule has 1 aromatic rings. The lowest BCUT2D eigenvalue weighted by Crippen LogP contribution is -2.28. The summed E-state index contributed by atoms with van der Waals surface area (Å²) in [4.78, 5) is 3.21. The van der Waals surface area contributed by atoms with Gasteiger partial charge in [0.1, 0.15) is 10.7 Å². The van der Waals surface area contributed by atoms with Gasteiger partial charge in [0.2, 0.25) is 10.0 Å². The highest BCUT2D eigenvalue weighted by molar-refractivity contribution is 7.89. The monoisotopic (exact) mass is 264 g/mol. The third-order valence-corrected chi connectivity index (χ3v) is 3.19. The number of aliphatic hydroxyl groups excluding tert-OH is 1. The second-order valence-corrected chi connectivity index (χ2v) is 4.84. The molecular weight excluding hydrogens is 251 g/mol. The minimum atomic E-state index is -3.76. The molecule has 8 heteroatoms. The number of hydrogen-bond donors (Lipinski definition) is 2. The Morgan fingerprint density at radius 2 is 2.18 bits per heavy atom. The molecule has 6 nitrogen and oxygen atoms in total. The molecule has 0 saturated heterocycles. The van der Waals surface area contributed by atoms with Crippen LogP contribution in [-0.4, -0.2) is 44.9 Å². The van der Waals surface area contributed by atoms with Crippen molar-refractivity contribution >= 4 is 10.0 Å². The summed E-state index contributed by atoms with van der Waals surface area (Å²) in [6.07, 6.45) is 1.98. The van der Waals surface area contributed by atoms with Crippen molar-refractivity contribution < 1.29 is 22.7 Å². The van der Waals surface area contributed by atoms with Gasteiger partial charge in [-0.2, -0.15) is 0 Å². The summed E-state index contributed by atoms with van der Waals surface area (Å²) in [6.45, 7) is 0.186. The second-order valence-electron chi connectivity index (χ2n) is 3.07. The Morgan fingerprint density at radius 3 is 2.82 bits per heavy atom. The summed E-state index contributed by atoms with van der Waals surface area (Å²) in [5.41, 5.74) is 0. The van der Waals surface area contributed by atoms with Gasteiger partial charge in [-0.1, -0.05) is 0 Å². The minimum Gasteiger partial charge on any atom is -0.394 e. The molecule has 1 heterocycles. The van der Waals surface area contributed by atoms with Crippen molar-refractivity contribution in [2.24, 2.45) is 0 Å². The van der Waals surface area contributed by atoms with E-state index in [1.54, 1.807) is 0 Å². The van der Waals surface area contributed by atoms with Crippen LogP contribution >= 0.6 is 0 Å². The van der Waals surface area contributed by atoms with Gasteiger partial charge in [-0.25, -0.2) is 17.5 Å². The lowest BCUT2D eigenvalue weighted by molar-refractivity contribution is 0.0961. The predicted octanol–water partition coefficient (Wildman–Crippen LogP) is -0.492. The largest absolute Gasteiger partial charge is 0.394 e. The van der Waals surface area contributed by atoms with Crippen molar-refractivity contribution in [2.45, 2.75) is 4.90 Å². The Labute approximate surface area is 98.5 Å². The molecule has 0 aliphatic carbocycles. The zero-order chi connectivity index (χ0) is 12.7. The summed E-state index contributed by atoms with van der Waals surface area (Å²) in [6, 6.07) is 0.879. The van der Waals surface area contributed by atoms with Crippen molar-refractivity contribution in [1.29, 1.82) is 0 Å². The fourth-order valence-corrected chi connectivity index (χ4v) is 2.02. The third-order valence-electron chi connectivity index (χ3n) is 1.76. The molecule has 0 saturated carbocycles. The summed E-state index contributed by atoms with van der Waals surface area (Å²) >= 11 is 0. The molecule has 96 valence electrons. The van der Waals surface area contributed by atoms with Crippen molar-refractivity contribution in [3.63, 3.8) is 0 Å². The fourth-order valence-electron chi connectivity index (χ4n) is 1.04. The topological polar surface area (TPSA) is 88.5 Å². The number of hydrogen-bond acceptors (Lipinski definition) is 5. The van der Waals surface area contributed by atoms with Gasteiger partial charge < -0.3 is 9.84 Å². The van der Waals surface area contributed by atoms with E-state index in [0.717, 1.165) is 18.5 Å². The van der Waals surface area contributed by atoms with Gasteiger partial charge in [0.25, 0.3) is 0 Å². The molecule has 0 radical (unpaired) electrons. The zero-order valence-corrected chi connectivity index (χ0v) is 9.78. The fraction of sp³-hybridized carbons (Fsp3) is 0.444. The summed E-state index contributed by atoms with van der Waals surface area (Å²) < 4.78 is 43.1. The Balaban J connectivity index is 2.51. The molecule has 0 aliphatic heterocycles. The molecule has 0 aliphatic rings. The first-order chi connectivity index (χ1) is 8.06. The molecule has 1 rings (SSSR count). The van der Waals surface area contributed by atoms with Crippen LogP contribution < -0.4 is 4.72 Å². The second kappa shape index (κ2) is 6.60. The van der Waals surface area contributed by atoms with Crippen LogP contribution in [0.3, 0.4) is 0 Å². The van der Waals surface area contributed by atoms with Crippen LogP contribution in [0.2, 0.25) is 0 Å². The van der Waals surface area contributed by atoms with Gasteiger partial charge in [0, 0.05) is 12.7 Å². The summed E-state index contributed by atoms with van der Waals surface area (Å²) in [5, 5.41) is 8.42. The smallest absolute Gasteiger partial charge is 0.242 e. The van der Waals surface area contributed by atoms with Gasteiger partial charge in [0.15, 0.2) is 0 Å². The number of aromatic nitrogens is 1. The van der Waals surface area contributed by atoms with Crippen LogP contribution in [0.1, 0.15) is 0 Å². The van der Waals surface area contributed by atoms with E-state index in [2.05, 4.69) is 9.71 Å². The normalized spacial score (nSPS) is 11.6. The Bertz CT molecular complexity index is 452. The average Bonchev–Trinajstić information content (AvgIpc) is 2.29. The first-order valence-electron chi connectivity index (χ1n) is 4.85. The number of nitrogens with zero attached hydrogens (tertiary/aromatic N) is 1. The van der Waals surface area contributed by atoms with Gasteiger partial charge in [-0.05, 0) is 6.07 Å². The van der Waals surface area contributed by atoms with E-state index >= 15 is 0 Å². The molecule has 0 unspecified atom stereocenters. The molecule has 0 fully saturated rings. The number of ether oxygens (including phenoxy) is 1. The number of pyridine rings is 1. The molecule has 0 aromatic carbocycles. The molecule has 0 bridgehead atoms. The zero-order valence-electron chi connectivity index (χ0n) is 8.97. The van der Waals surface area contributed by atoms with Crippen molar-refractivity contribution in [2.75, 3.05) is 26.4 Å². The SMILES string of the molecule is O=S(=O)(NCCOCCO)c1cncc(F)c1. The maximum atomic E-state index is 12.8. The number of halogens is 1. The number of rotatable bonds is 7. The summed E-state index contributed by atoms with van der Waals surface area (Å²) in [7, 11) is -3.76. The average molecular weight is 264 g/mol. The molecule has 0 atom stereocenters. The van der Waals surface area contributed by atoms with Crippen LogP contribution in [0.4, 0.5) is 4.39 Å². The van der Waals surface area contributed by atoms with Gasteiger partial charge >= 0.3 is 0 Å². The Morgan fingerprint density at radius 1 is 1.41 bits per heavy atom. The third kappa shape index (κ3) is 4.73. The van der Waals surface area contributed by atoms with Crippen LogP contribution in [0.25, 0.3) is 0 Å². The maximum absolute atomic E-state index is 12.8. The van der Waals surface area contributed by atoms with Crippen molar-refractivity contribution in [3.05, 3.63) is 24.3 Å². The van der Waals surface area contributed by atoms with E-state index in [1.807, 2.05) is 0 Å². The number of nitrogens with one attached hydrogen (secondary N) is 1. The van der Waals surface area contributed by atoms with Gasteiger partial charge in [-0.3, -0.25) is 4.98 Å². The highest BCUT2D eigenvalue weighted by atomic mass is 32.2.